The lowest BCUT2D eigenvalue weighted by Gasteiger charge is -2.26. The van der Waals surface area contributed by atoms with Gasteiger partial charge in [0.15, 0.2) is 5.96 Å². The summed E-state index contributed by atoms with van der Waals surface area (Å²) in [7, 11) is -1.58. The van der Waals surface area contributed by atoms with E-state index < -0.39 is 15.6 Å². The van der Waals surface area contributed by atoms with Crippen LogP contribution in [-0.4, -0.2) is 44.7 Å². The van der Waals surface area contributed by atoms with Gasteiger partial charge in [-0.05, 0) is 19.8 Å². The molecule has 0 saturated heterocycles. The number of aromatic nitrogens is 1. The van der Waals surface area contributed by atoms with Crippen molar-refractivity contribution in [1.29, 1.82) is 0 Å². The van der Waals surface area contributed by atoms with Crippen molar-refractivity contribution in [2.24, 2.45) is 4.99 Å². The highest BCUT2D eigenvalue weighted by atomic mass is 32.2. The summed E-state index contributed by atoms with van der Waals surface area (Å²) < 4.78 is 25.3. The summed E-state index contributed by atoms with van der Waals surface area (Å²) in [6.45, 7) is 8.84. The zero-order chi connectivity index (χ0) is 17.7. The van der Waals surface area contributed by atoms with E-state index in [2.05, 4.69) is 44.6 Å². The zero-order valence-corrected chi connectivity index (χ0v) is 16.2. The van der Waals surface area contributed by atoms with Crippen LogP contribution >= 0.6 is 11.3 Å². The van der Waals surface area contributed by atoms with Gasteiger partial charge in [0.25, 0.3) is 0 Å². The number of nitrogens with one attached hydrogen (secondary N) is 3. The topological polar surface area (TPSA) is 95.5 Å². The number of hydrogen-bond acceptors (Lipinski definition) is 5. The second-order valence-corrected chi connectivity index (χ2v) is 9.05. The molecule has 0 saturated carbocycles. The van der Waals surface area contributed by atoms with Crippen LogP contribution in [0, 0.1) is 0 Å². The van der Waals surface area contributed by atoms with Crippen LogP contribution in [0.5, 0.6) is 0 Å². The minimum absolute atomic E-state index is 0.412. The maximum absolute atomic E-state index is 11.3. The van der Waals surface area contributed by atoms with Gasteiger partial charge in [0, 0.05) is 24.5 Å². The number of rotatable bonds is 7. The quantitative estimate of drug-likeness (QED) is 0.502. The number of thiazole rings is 1. The molecule has 0 bridgehead atoms. The van der Waals surface area contributed by atoms with Crippen LogP contribution in [0.3, 0.4) is 0 Å². The third-order valence-electron chi connectivity index (χ3n) is 2.95. The van der Waals surface area contributed by atoms with Crippen molar-refractivity contribution in [2.45, 2.75) is 45.7 Å². The van der Waals surface area contributed by atoms with Gasteiger partial charge in [-0.15, -0.1) is 11.3 Å². The predicted molar refractivity (Wildman–Crippen MR) is 96.5 cm³/mol. The van der Waals surface area contributed by atoms with E-state index >= 15 is 0 Å². The Balaban J connectivity index is 2.51. The minimum Gasteiger partial charge on any atom is -0.355 e. The van der Waals surface area contributed by atoms with Gasteiger partial charge in [-0.3, -0.25) is 4.99 Å². The summed E-state index contributed by atoms with van der Waals surface area (Å²) in [4.78, 5) is 8.69. The summed E-state index contributed by atoms with van der Waals surface area (Å²) in [5, 5.41) is 9.36. The van der Waals surface area contributed by atoms with Gasteiger partial charge in [-0.25, -0.2) is 18.1 Å². The molecule has 9 heteroatoms. The summed E-state index contributed by atoms with van der Waals surface area (Å²) >= 11 is 1.61. The lowest BCUT2D eigenvalue weighted by molar-refractivity contribution is 0.446. The van der Waals surface area contributed by atoms with Crippen LogP contribution < -0.4 is 15.4 Å². The Morgan fingerprint density at radius 3 is 2.52 bits per heavy atom. The molecule has 3 N–H and O–H groups in total. The van der Waals surface area contributed by atoms with E-state index in [1.807, 2.05) is 13.8 Å². The van der Waals surface area contributed by atoms with E-state index in [1.165, 1.54) is 0 Å². The van der Waals surface area contributed by atoms with E-state index in [1.54, 1.807) is 18.4 Å². The molecule has 1 aromatic rings. The Morgan fingerprint density at radius 1 is 1.39 bits per heavy atom. The van der Waals surface area contributed by atoms with E-state index in [9.17, 15) is 8.42 Å². The third kappa shape index (κ3) is 7.76. The van der Waals surface area contributed by atoms with Crippen LogP contribution in [-0.2, 0) is 16.6 Å². The number of hydrogen-bond donors (Lipinski definition) is 3. The molecule has 0 aliphatic heterocycles. The Morgan fingerprint density at radius 2 is 2.04 bits per heavy atom. The highest BCUT2D eigenvalue weighted by Crippen LogP contribution is 2.17. The molecule has 7 nitrogen and oxygen atoms in total. The maximum atomic E-state index is 11.3. The lowest BCUT2D eigenvalue weighted by Crippen LogP contribution is -2.52. The number of nitrogens with zero attached hydrogens (tertiary/aromatic N) is 2. The van der Waals surface area contributed by atoms with Gasteiger partial charge in [0.1, 0.15) is 5.01 Å². The van der Waals surface area contributed by atoms with E-state index in [0.717, 1.165) is 17.0 Å². The molecule has 132 valence electrons. The van der Waals surface area contributed by atoms with Crippen molar-refractivity contribution in [1.82, 2.24) is 20.3 Å². The van der Waals surface area contributed by atoms with Crippen molar-refractivity contribution in [2.75, 3.05) is 19.8 Å². The van der Waals surface area contributed by atoms with Crippen molar-refractivity contribution >= 4 is 27.3 Å². The van der Waals surface area contributed by atoms with Gasteiger partial charge in [0.2, 0.25) is 10.0 Å². The summed E-state index contributed by atoms with van der Waals surface area (Å²) in [5.41, 5.74) is 0.477. The molecule has 0 amide bonds. The molecule has 0 spiro atoms. The fraction of sp³-hybridized carbons (Fsp3) is 0.714. The lowest BCUT2D eigenvalue weighted by atomic mass is 10.1. The number of guanidine groups is 1. The molecule has 1 heterocycles. The Kier molecular flexibility index (Phi) is 6.97. The molecule has 1 aromatic heterocycles. The van der Waals surface area contributed by atoms with Crippen molar-refractivity contribution in [3.63, 3.8) is 0 Å². The standard InChI is InChI=1S/C14H27N5O2S2/c1-10(2)11-8-22-12(18-11)7-16-13(15-5)17-9-14(3,4)19-23(6,20)21/h8,10,19H,7,9H2,1-6H3,(H2,15,16,17). The van der Waals surface area contributed by atoms with E-state index in [0.29, 0.717) is 25.0 Å². The Bertz CT molecular complexity index is 635. The molecule has 0 aliphatic rings. The highest BCUT2D eigenvalue weighted by molar-refractivity contribution is 7.88. The smallest absolute Gasteiger partial charge is 0.209 e. The number of sulfonamides is 1. The number of aliphatic imine (C=N–C) groups is 1. The van der Waals surface area contributed by atoms with Crippen LogP contribution in [0.25, 0.3) is 0 Å². The first-order valence-electron chi connectivity index (χ1n) is 7.40. The average molecular weight is 362 g/mol. The van der Waals surface area contributed by atoms with Crippen LogP contribution in [0.1, 0.15) is 44.3 Å². The van der Waals surface area contributed by atoms with Crippen LogP contribution in [0.2, 0.25) is 0 Å². The van der Waals surface area contributed by atoms with Crippen LogP contribution in [0.15, 0.2) is 10.4 Å². The molecular formula is C14H27N5O2S2. The predicted octanol–water partition coefficient (Wildman–Crippen LogP) is 1.26. The van der Waals surface area contributed by atoms with E-state index in [-0.39, 0.29) is 0 Å². The fourth-order valence-corrected chi connectivity index (χ4v) is 3.87. The van der Waals surface area contributed by atoms with Gasteiger partial charge in [-0.2, -0.15) is 0 Å². The maximum Gasteiger partial charge on any atom is 0.209 e. The van der Waals surface area contributed by atoms with E-state index in [4.69, 9.17) is 0 Å². The molecule has 23 heavy (non-hydrogen) atoms. The van der Waals surface area contributed by atoms with Crippen molar-refractivity contribution in [3.05, 3.63) is 16.1 Å². The summed E-state index contributed by atoms with van der Waals surface area (Å²) in [6.07, 6.45) is 1.15. The third-order valence-corrected chi connectivity index (χ3v) is 4.74. The second kappa shape index (κ2) is 8.07. The second-order valence-electron chi connectivity index (χ2n) is 6.36. The average Bonchev–Trinajstić information content (AvgIpc) is 2.85. The highest BCUT2D eigenvalue weighted by Gasteiger charge is 2.22. The van der Waals surface area contributed by atoms with Crippen LogP contribution in [0.4, 0.5) is 0 Å². The SMILES string of the molecule is CN=C(NCc1nc(C(C)C)cs1)NCC(C)(C)NS(C)(=O)=O. The zero-order valence-electron chi connectivity index (χ0n) is 14.6. The van der Waals surface area contributed by atoms with Crippen molar-refractivity contribution in [3.8, 4) is 0 Å². The molecule has 0 aromatic carbocycles. The van der Waals surface area contributed by atoms with Gasteiger partial charge >= 0.3 is 0 Å². The largest absolute Gasteiger partial charge is 0.355 e. The molecular weight excluding hydrogens is 334 g/mol. The molecule has 0 atom stereocenters. The van der Waals surface area contributed by atoms with Gasteiger partial charge < -0.3 is 10.6 Å². The first-order chi connectivity index (χ1) is 10.5. The monoisotopic (exact) mass is 361 g/mol. The molecule has 0 aliphatic carbocycles. The minimum atomic E-state index is -3.26. The molecule has 1 rings (SSSR count). The molecule has 0 radical (unpaired) electrons. The molecule has 0 unspecified atom stereocenters. The fourth-order valence-electron chi connectivity index (χ4n) is 1.89. The normalized spacial score (nSPS) is 13.4. The molecule has 0 fully saturated rings. The van der Waals surface area contributed by atoms with Gasteiger partial charge in [0.05, 0.1) is 18.5 Å². The summed E-state index contributed by atoms with van der Waals surface area (Å²) in [6, 6.07) is 0. The first-order valence-corrected chi connectivity index (χ1v) is 10.2. The first kappa shape index (κ1) is 19.9. The summed E-state index contributed by atoms with van der Waals surface area (Å²) in [5.74, 6) is 1.02. The Labute approximate surface area is 143 Å². The Hall–Kier alpha value is -1.19. The van der Waals surface area contributed by atoms with Gasteiger partial charge in [-0.1, -0.05) is 13.8 Å². The van der Waals surface area contributed by atoms with Crippen molar-refractivity contribution < 1.29 is 8.42 Å².